The zero-order valence-electron chi connectivity index (χ0n) is 10.6. The van der Waals surface area contributed by atoms with Gasteiger partial charge in [0.1, 0.15) is 5.75 Å². The van der Waals surface area contributed by atoms with E-state index in [1.54, 1.807) is 11.0 Å². The summed E-state index contributed by atoms with van der Waals surface area (Å²) in [5.41, 5.74) is 0.664. The monoisotopic (exact) mass is 315 g/mol. The molecule has 0 spiro atoms. The summed E-state index contributed by atoms with van der Waals surface area (Å²) in [6, 6.07) is 5.40. The Labute approximate surface area is 116 Å². The maximum atomic E-state index is 11.8. The van der Waals surface area contributed by atoms with Crippen molar-refractivity contribution in [3.8, 4) is 5.75 Å². The Kier molecular flexibility index (Phi) is 6.15. The molecule has 0 atom stereocenters. The number of hydrogen-bond donors (Lipinski definition) is 1. The summed E-state index contributed by atoms with van der Waals surface area (Å²) >= 11 is 3.35. The minimum absolute atomic E-state index is 0.0166. The molecule has 0 heterocycles. The van der Waals surface area contributed by atoms with Crippen molar-refractivity contribution >= 4 is 21.8 Å². The van der Waals surface area contributed by atoms with Crippen LogP contribution in [0.5, 0.6) is 5.75 Å². The quantitative estimate of drug-likeness (QED) is 0.875. The van der Waals surface area contributed by atoms with Crippen LogP contribution in [-0.2, 0) is 11.4 Å². The Morgan fingerprint density at radius 2 is 2.06 bits per heavy atom. The van der Waals surface area contributed by atoms with Crippen molar-refractivity contribution in [1.82, 2.24) is 4.90 Å². The number of benzene rings is 1. The van der Waals surface area contributed by atoms with E-state index in [1.807, 2.05) is 26.0 Å². The number of aliphatic hydroxyl groups is 1. The molecule has 1 rings (SSSR count). The second kappa shape index (κ2) is 7.38. The van der Waals surface area contributed by atoms with Crippen molar-refractivity contribution in [2.45, 2.75) is 20.5 Å². The van der Waals surface area contributed by atoms with Gasteiger partial charge in [-0.05, 0) is 35.8 Å². The van der Waals surface area contributed by atoms with Crippen LogP contribution >= 0.6 is 15.9 Å². The Bertz CT molecular complexity index is 405. The summed E-state index contributed by atoms with van der Waals surface area (Å²) in [6.07, 6.45) is 0. The SMILES string of the molecule is CCN(CC)C(=O)COc1c(Br)cccc1CO. The van der Waals surface area contributed by atoms with Crippen LogP contribution in [0.2, 0.25) is 0 Å². The van der Waals surface area contributed by atoms with E-state index in [2.05, 4.69) is 15.9 Å². The third-order valence-electron chi connectivity index (χ3n) is 2.68. The van der Waals surface area contributed by atoms with E-state index in [9.17, 15) is 9.90 Å². The molecule has 0 aliphatic rings. The number of nitrogens with zero attached hydrogens (tertiary/aromatic N) is 1. The molecule has 100 valence electrons. The smallest absolute Gasteiger partial charge is 0.260 e. The van der Waals surface area contributed by atoms with Gasteiger partial charge in [-0.25, -0.2) is 0 Å². The number of carbonyl (C=O) groups is 1. The maximum absolute atomic E-state index is 11.8. The molecule has 0 fully saturated rings. The molecule has 0 aromatic heterocycles. The van der Waals surface area contributed by atoms with Crippen molar-refractivity contribution in [2.75, 3.05) is 19.7 Å². The second-order valence-corrected chi connectivity index (χ2v) is 4.60. The fourth-order valence-corrected chi connectivity index (χ4v) is 2.16. The first-order valence-electron chi connectivity index (χ1n) is 5.92. The summed E-state index contributed by atoms with van der Waals surface area (Å²) in [7, 11) is 0. The van der Waals surface area contributed by atoms with Crippen LogP contribution in [0.25, 0.3) is 0 Å². The first-order valence-corrected chi connectivity index (χ1v) is 6.72. The van der Waals surface area contributed by atoms with Gasteiger partial charge in [0.2, 0.25) is 0 Å². The van der Waals surface area contributed by atoms with E-state index in [-0.39, 0.29) is 19.1 Å². The minimum atomic E-state index is -0.117. The Hall–Kier alpha value is -1.07. The highest BCUT2D eigenvalue weighted by Gasteiger charge is 2.13. The van der Waals surface area contributed by atoms with Gasteiger partial charge in [0, 0.05) is 18.7 Å². The summed E-state index contributed by atoms with van der Waals surface area (Å²) in [6.45, 7) is 5.06. The van der Waals surface area contributed by atoms with E-state index in [1.165, 1.54) is 0 Å². The summed E-state index contributed by atoms with van der Waals surface area (Å²) < 4.78 is 6.24. The Morgan fingerprint density at radius 3 is 2.61 bits per heavy atom. The van der Waals surface area contributed by atoms with Crippen molar-refractivity contribution in [1.29, 1.82) is 0 Å². The number of amides is 1. The summed E-state index contributed by atoms with van der Waals surface area (Å²) in [5.74, 6) is 0.472. The van der Waals surface area contributed by atoms with Gasteiger partial charge in [0.15, 0.2) is 6.61 Å². The predicted molar refractivity (Wildman–Crippen MR) is 73.5 cm³/mol. The van der Waals surface area contributed by atoms with Gasteiger partial charge in [-0.2, -0.15) is 0 Å². The van der Waals surface area contributed by atoms with Gasteiger partial charge in [-0.15, -0.1) is 0 Å². The molecule has 4 nitrogen and oxygen atoms in total. The van der Waals surface area contributed by atoms with Crippen LogP contribution in [0.15, 0.2) is 22.7 Å². The van der Waals surface area contributed by atoms with Gasteiger partial charge >= 0.3 is 0 Å². The van der Waals surface area contributed by atoms with E-state index >= 15 is 0 Å². The van der Waals surface area contributed by atoms with Crippen LogP contribution in [0.3, 0.4) is 0 Å². The minimum Gasteiger partial charge on any atom is -0.482 e. The average Bonchev–Trinajstić information content (AvgIpc) is 2.38. The fraction of sp³-hybridized carbons (Fsp3) is 0.462. The van der Waals surface area contributed by atoms with Crippen LogP contribution in [0.1, 0.15) is 19.4 Å². The lowest BCUT2D eigenvalue weighted by Gasteiger charge is -2.19. The number of hydrogen-bond acceptors (Lipinski definition) is 3. The van der Waals surface area contributed by atoms with Gasteiger partial charge in [0.05, 0.1) is 11.1 Å². The maximum Gasteiger partial charge on any atom is 0.260 e. The molecule has 0 radical (unpaired) electrons. The van der Waals surface area contributed by atoms with Crippen molar-refractivity contribution in [3.63, 3.8) is 0 Å². The molecule has 0 unspecified atom stereocenters. The topological polar surface area (TPSA) is 49.8 Å². The average molecular weight is 316 g/mol. The van der Waals surface area contributed by atoms with Crippen molar-refractivity contribution < 1.29 is 14.6 Å². The lowest BCUT2D eigenvalue weighted by atomic mass is 10.2. The molecular weight excluding hydrogens is 298 g/mol. The number of para-hydroxylation sites is 1. The van der Waals surface area contributed by atoms with Gasteiger partial charge in [-0.1, -0.05) is 12.1 Å². The highest BCUT2D eigenvalue weighted by molar-refractivity contribution is 9.10. The van der Waals surface area contributed by atoms with Crippen LogP contribution in [0, 0.1) is 0 Å². The molecular formula is C13H18BrNO3. The Morgan fingerprint density at radius 1 is 1.39 bits per heavy atom. The first-order chi connectivity index (χ1) is 8.63. The molecule has 0 bridgehead atoms. The molecule has 18 heavy (non-hydrogen) atoms. The fourth-order valence-electron chi connectivity index (χ4n) is 1.64. The molecule has 5 heteroatoms. The zero-order valence-corrected chi connectivity index (χ0v) is 12.2. The van der Waals surface area contributed by atoms with E-state index in [4.69, 9.17) is 4.74 Å². The van der Waals surface area contributed by atoms with E-state index < -0.39 is 0 Å². The van der Waals surface area contributed by atoms with Gasteiger partial charge < -0.3 is 14.7 Å². The number of halogens is 1. The van der Waals surface area contributed by atoms with E-state index in [0.717, 1.165) is 4.47 Å². The normalized spacial score (nSPS) is 10.2. The van der Waals surface area contributed by atoms with Gasteiger partial charge in [-0.3, -0.25) is 4.79 Å². The zero-order chi connectivity index (χ0) is 13.5. The Balaban J connectivity index is 2.71. The summed E-state index contributed by atoms with van der Waals surface area (Å²) in [5, 5.41) is 9.21. The standard InChI is InChI=1S/C13H18BrNO3/c1-3-15(4-2)12(17)9-18-13-10(8-16)6-5-7-11(13)14/h5-7,16H,3-4,8-9H2,1-2H3. The number of rotatable bonds is 6. The van der Waals surface area contributed by atoms with Gasteiger partial charge in [0.25, 0.3) is 5.91 Å². The molecule has 0 saturated heterocycles. The highest BCUT2D eigenvalue weighted by atomic mass is 79.9. The molecule has 1 amide bonds. The second-order valence-electron chi connectivity index (χ2n) is 3.74. The molecule has 1 N–H and O–H groups in total. The molecule has 1 aromatic carbocycles. The molecule has 0 aliphatic carbocycles. The third-order valence-corrected chi connectivity index (χ3v) is 3.30. The van der Waals surface area contributed by atoms with Crippen LogP contribution < -0.4 is 4.74 Å². The first kappa shape index (κ1) is 15.0. The largest absolute Gasteiger partial charge is 0.482 e. The van der Waals surface area contributed by atoms with Crippen molar-refractivity contribution in [3.05, 3.63) is 28.2 Å². The number of likely N-dealkylation sites (N-methyl/N-ethyl adjacent to an activating group) is 1. The third kappa shape index (κ3) is 3.71. The molecule has 0 aliphatic heterocycles. The van der Waals surface area contributed by atoms with Crippen LogP contribution in [0.4, 0.5) is 0 Å². The predicted octanol–water partition coefficient (Wildman–Crippen LogP) is 2.19. The highest BCUT2D eigenvalue weighted by Crippen LogP contribution is 2.29. The number of carbonyl (C=O) groups excluding carboxylic acids is 1. The van der Waals surface area contributed by atoms with Crippen LogP contribution in [-0.4, -0.2) is 35.6 Å². The molecule has 0 saturated carbocycles. The lowest BCUT2D eigenvalue weighted by Crippen LogP contribution is -2.34. The number of aliphatic hydroxyl groups excluding tert-OH is 1. The lowest BCUT2D eigenvalue weighted by molar-refractivity contribution is -0.133. The van der Waals surface area contributed by atoms with Crippen molar-refractivity contribution in [2.24, 2.45) is 0 Å². The molecule has 1 aromatic rings. The summed E-state index contributed by atoms with van der Waals surface area (Å²) in [4.78, 5) is 13.5. The van der Waals surface area contributed by atoms with E-state index in [0.29, 0.717) is 24.4 Å². The number of ether oxygens (including phenoxy) is 1.